The highest BCUT2D eigenvalue weighted by atomic mass is 32.2. The number of primary amides is 1. The molecule has 1 aliphatic rings. The lowest BCUT2D eigenvalue weighted by Crippen LogP contribution is -2.10. The summed E-state index contributed by atoms with van der Waals surface area (Å²) in [5, 5.41) is 3.03. The van der Waals surface area contributed by atoms with E-state index in [9.17, 15) is 4.79 Å². The average molecular weight is 335 g/mol. The zero-order valence-corrected chi connectivity index (χ0v) is 13.6. The van der Waals surface area contributed by atoms with Crippen molar-refractivity contribution in [2.75, 3.05) is 12.3 Å². The van der Waals surface area contributed by atoms with Crippen molar-refractivity contribution in [3.05, 3.63) is 40.9 Å². The Labute approximate surface area is 135 Å². The van der Waals surface area contributed by atoms with Crippen LogP contribution in [0.25, 0.3) is 10.6 Å². The molecule has 0 saturated heterocycles. The molecule has 0 fully saturated rings. The third-order valence-corrected chi connectivity index (χ3v) is 6.10. The van der Waals surface area contributed by atoms with E-state index in [1.54, 1.807) is 35.2 Å². The van der Waals surface area contributed by atoms with Crippen LogP contribution in [-0.4, -0.2) is 27.6 Å². The molecule has 2 heterocycles. The molecule has 1 aromatic heterocycles. The zero-order valence-electron chi connectivity index (χ0n) is 11.1. The maximum atomic E-state index is 11.1. The smallest absolute Gasteiger partial charge is 0.248 e. The van der Waals surface area contributed by atoms with Crippen LogP contribution in [-0.2, 0) is 5.75 Å². The molecule has 0 atom stereocenters. The normalized spacial score (nSPS) is 14.2. The summed E-state index contributed by atoms with van der Waals surface area (Å²) in [5.41, 5.74) is 7.83. The molecule has 1 aromatic carbocycles. The summed E-state index contributed by atoms with van der Waals surface area (Å²) in [6.45, 7) is 0.932. The minimum absolute atomic E-state index is 0.410. The van der Waals surface area contributed by atoms with Crippen molar-refractivity contribution < 1.29 is 4.79 Å². The number of thioether (sulfide) groups is 2. The van der Waals surface area contributed by atoms with Crippen LogP contribution in [0, 0.1) is 0 Å². The first kappa shape index (κ1) is 14.6. The van der Waals surface area contributed by atoms with Gasteiger partial charge in [0, 0.05) is 28.0 Å². The number of nitrogens with two attached hydrogens (primary N) is 1. The number of amides is 1. The Morgan fingerprint density at radius 1 is 1.33 bits per heavy atom. The Bertz CT molecular complexity index is 679. The first-order chi connectivity index (χ1) is 10.2. The van der Waals surface area contributed by atoms with Crippen LogP contribution < -0.4 is 5.73 Å². The third kappa shape index (κ3) is 3.66. The topological polar surface area (TPSA) is 68.3 Å². The molecule has 3 rings (SSSR count). The van der Waals surface area contributed by atoms with Gasteiger partial charge in [0.1, 0.15) is 9.38 Å². The van der Waals surface area contributed by atoms with Gasteiger partial charge in [0.2, 0.25) is 5.91 Å². The molecule has 21 heavy (non-hydrogen) atoms. The van der Waals surface area contributed by atoms with Gasteiger partial charge in [-0.25, -0.2) is 4.98 Å². The van der Waals surface area contributed by atoms with Crippen molar-refractivity contribution in [3.63, 3.8) is 0 Å². The lowest BCUT2D eigenvalue weighted by atomic mass is 10.1. The van der Waals surface area contributed by atoms with Gasteiger partial charge in [0.25, 0.3) is 0 Å². The lowest BCUT2D eigenvalue weighted by Gasteiger charge is -1.99. The van der Waals surface area contributed by atoms with E-state index in [0.29, 0.717) is 5.56 Å². The van der Waals surface area contributed by atoms with Gasteiger partial charge in [-0.05, 0) is 12.1 Å². The quantitative estimate of drug-likeness (QED) is 0.931. The van der Waals surface area contributed by atoms with Crippen LogP contribution in [0.15, 0.2) is 34.6 Å². The predicted octanol–water partition coefficient (Wildman–Crippen LogP) is 3.25. The van der Waals surface area contributed by atoms with Gasteiger partial charge in [-0.3, -0.25) is 9.79 Å². The number of thiazole rings is 1. The number of hydrogen-bond acceptors (Lipinski definition) is 6. The highest BCUT2D eigenvalue weighted by molar-refractivity contribution is 8.38. The monoisotopic (exact) mass is 335 g/mol. The number of carbonyl (C=O) groups excluding carboxylic acids is 1. The number of benzene rings is 1. The molecule has 2 N–H and O–H groups in total. The highest BCUT2D eigenvalue weighted by Crippen LogP contribution is 2.28. The van der Waals surface area contributed by atoms with E-state index in [1.807, 2.05) is 23.9 Å². The van der Waals surface area contributed by atoms with Crippen LogP contribution in [0.3, 0.4) is 0 Å². The first-order valence-electron chi connectivity index (χ1n) is 6.37. The Balaban J connectivity index is 1.67. The molecular weight excluding hydrogens is 322 g/mol. The predicted molar refractivity (Wildman–Crippen MR) is 92.1 cm³/mol. The van der Waals surface area contributed by atoms with Gasteiger partial charge in [0.15, 0.2) is 0 Å². The second-order valence-electron chi connectivity index (χ2n) is 4.37. The summed E-state index contributed by atoms with van der Waals surface area (Å²) < 4.78 is 1.16. The van der Waals surface area contributed by atoms with Crippen molar-refractivity contribution >= 4 is 45.1 Å². The van der Waals surface area contributed by atoms with Crippen molar-refractivity contribution in [1.29, 1.82) is 0 Å². The molecule has 0 spiro atoms. The van der Waals surface area contributed by atoms with Gasteiger partial charge in [-0.15, -0.1) is 11.3 Å². The number of nitrogens with zero attached hydrogens (tertiary/aromatic N) is 2. The summed E-state index contributed by atoms with van der Waals surface area (Å²) in [4.78, 5) is 20.1. The molecule has 7 heteroatoms. The molecule has 0 saturated carbocycles. The largest absolute Gasteiger partial charge is 0.366 e. The molecule has 1 amide bonds. The summed E-state index contributed by atoms with van der Waals surface area (Å²) >= 11 is 5.17. The summed E-state index contributed by atoms with van der Waals surface area (Å²) in [6, 6.07) is 7.23. The van der Waals surface area contributed by atoms with Crippen LogP contribution in [0.2, 0.25) is 0 Å². The SMILES string of the molecule is NC(=O)c1ccc(-c2nc(CSC3=NCCS3)cs2)cc1. The van der Waals surface area contributed by atoms with Crippen LogP contribution in [0.1, 0.15) is 16.1 Å². The highest BCUT2D eigenvalue weighted by Gasteiger charge is 2.10. The molecule has 0 radical (unpaired) electrons. The van der Waals surface area contributed by atoms with E-state index in [-0.39, 0.29) is 0 Å². The minimum atomic E-state index is -0.410. The number of carbonyl (C=O) groups is 1. The lowest BCUT2D eigenvalue weighted by molar-refractivity contribution is 0.100. The second kappa shape index (κ2) is 6.64. The van der Waals surface area contributed by atoms with E-state index in [4.69, 9.17) is 5.73 Å². The molecule has 1 aliphatic heterocycles. The Kier molecular flexibility index (Phi) is 4.62. The van der Waals surface area contributed by atoms with E-state index in [1.165, 1.54) is 0 Å². The van der Waals surface area contributed by atoms with Crippen LogP contribution in [0.5, 0.6) is 0 Å². The van der Waals surface area contributed by atoms with Gasteiger partial charge in [-0.1, -0.05) is 35.7 Å². The number of rotatable bonds is 4. The Hall–Kier alpha value is -1.31. The maximum absolute atomic E-state index is 11.1. The fourth-order valence-corrected chi connectivity index (χ4v) is 4.65. The Morgan fingerprint density at radius 2 is 2.14 bits per heavy atom. The molecule has 0 aliphatic carbocycles. The number of aromatic nitrogens is 1. The van der Waals surface area contributed by atoms with Crippen molar-refractivity contribution in [3.8, 4) is 10.6 Å². The van der Waals surface area contributed by atoms with Crippen LogP contribution in [0.4, 0.5) is 0 Å². The maximum Gasteiger partial charge on any atom is 0.248 e. The van der Waals surface area contributed by atoms with Crippen molar-refractivity contribution in [2.45, 2.75) is 5.75 Å². The fraction of sp³-hybridized carbons (Fsp3) is 0.214. The number of aliphatic imine (C=N–C) groups is 1. The second-order valence-corrected chi connectivity index (χ2v) is 7.53. The fourth-order valence-electron chi connectivity index (χ4n) is 1.82. The summed E-state index contributed by atoms with van der Waals surface area (Å²) in [6.07, 6.45) is 0. The van der Waals surface area contributed by atoms with Gasteiger partial charge in [0.05, 0.1) is 12.2 Å². The molecule has 2 aromatic rings. The molecule has 0 unspecified atom stereocenters. The van der Waals surface area contributed by atoms with E-state index in [0.717, 1.165) is 38.7 Å². The average Bonchev–Trinajstić information content (AvgIpc) is 3.17. The molecular formula is C14H13N3OS3. The standard InChI is InChI=1S/C14H13N3OS3/c15-12(18)9-1-3-10(4-2-9)13-17-11(7-20-13)8-21-14-16-5-6-19-14/h1-4,7H,5-6,8H2,(H2,15,18). The van der Waals surface area contributed by atoms with Gasteiger partial charge < -0.3 is 5.73 Å². The minimum Gasteiger partial charge on any atom is -0.366 e. The van der Waals surface area contributed by atoms with E-state index in [2.05, 4.69) is 15.4 Å². The van der Waals surface area contributed by atoms with E-state index >= 15 is 0 Å². The van der Waals surface area contributed by atoms with Crippen molar-refractivity contribution in [1.82, 2.24) is 4.98 Å². The van der Waals surface area contributed by atoms with Crippen LogP contribution >= 0.6 is 34.9 Å². The summed E-state index contributed by atoms with van der Waals surface area (Å²) in [7, 11) is 0. The summed E-state index contributed by atoms with van der Waals surface area (Å²) in [5.74, 6) is 1.53. The molecule has 0 bridgehead atoms. The van der Waals surface area contributed by atoms with Gasteiger partial charge >= 0.3 is 0 Å². The first-order valence-corrected chi connectivity index (χ1v) is 9.22. The Morgan fingerprint density at radius 3 is 2.81 bits per heavy atom. The van der Waals surface area contributed by atoms with E-state index < -0.39 is 5.91 Å². The molecule has 108 valence electrons. The van der Waals surface area contributed by atoms with Crippen molar-refractivity contribution in [2.24, 2.45) is 10.7 Å². The zero-order chi connectivity index (χ0) is 14.7. The molecule has 4 nitrogen and oxygen atoms in total. The van der Waals surface area contributed by atoms with Gasteiger partial charge in [-0.2, -0.15) is 0 Å². The third-order valence-electron chi connectivity index (χ3n) is 2.87. The number of hydrogen-bond donors (Lipinski definition) is 1.